The van der Waals surface area contributed by atoms with Gasteiger partial charge >= 0.3 is 5.96 Å². The lowest BCUT2D eigenvalue weighted by atomic mass is 10.1. The molecule has 0 unspecified atom stereocenters. The maximum Gasteiger partial charge on any atom is 0.357 e. The first-order valence-electron chi connectivity index (χ1n) is 8.92. The van der Waals surface area contributed by atoms with Crippen LogP contribution in [0.2, 0.25) is 0 Å². The zero-order chi connectivity index (χ0) is 19.0. The van der Waals surface area contributed by atoms with Gasteiger partial charge in [0.2, 0.25) is 0 Å². The molecule has 27 heavy (non-hydrogen) atoms. The molecule has 2 aromatic carbocycles. The average Bonchev–Trinajstić information content (AvgIpc) is 2.65. The highest BCUT2D eigenvalue weighted by Gasteiger charge is 2.29. The fourth-order valence-electron chi connectivity index (χ4n) is 3.25. The van der Waals surface area contributed by atoms with Gasteiger partial charge in [-0.25, -0.2) is 20.2 Å². The molecule has 6 heteroatoms. The van der Waals surface area contributed by atoms with Gasteiger partial charge in [0.1, 0.15) is 5.69 Å². The van der Waals surface area contributed by atoms with E-state index in [4.69, 9.17) is 0 Å². The molecule has 136 valence electrons. The Morgan fingerprint density at radius 1 is 1.07 bits per heavy atom. The quantitative estimate of drug-likeness (QED) is 0.650. The third kappa shape index (κ3) is 3.21. The molecule has 1 aliphatic rings. The van der Waals surface area contributed by atoms with E-state index in [0.717, 1.165) is 11.3 Å². The molecule has 0 amide bonds. The Labute approximate surface area is 157 Å². The molecule has 3 aromatic rings. The molecule has 2 heterocycles. The van der Waals surface area contributed by atoms with Crippen molar-refractivity contribution in [2.75, 3.05) is 10.6 Å². The molecule has 0 saturated heterocycles. The van der Waals surface area contributed by atoms with Crippen LogP contribution in [0.25, 0.3) is 0 Å². The molecule has 3 N–H and O–H groups in total. The van der Waals surface area contributed by atoms with Crippen molar-refractivity contribution in [2.24, 2.45) is 0 Å². The minimum atomic E-state index is -0.351. The molecule has 4 rings (SSSR count). The first-order chi connectivity index (χ1) is 13.0. The van der Waals surface area contributed by atoms with Crippen molar-refractivity contribution in [1.82, 2.24) is 9.55 Å². The molecule has 0 spiro atoms. The Bertz CT molecular complexity index is 1090. The summed E-state index contributed by atoms with van der Waals surface area (Å²) in [5, 5.41) is 6.63. The summed E-state index contributed by atoms with van der Waals surface area (Å²) in [7, 11) is 0. The van der Waals surface area contributed by atoms with E-state index in [2.05, 4.69) is 40.5 Å². The van der Waals surface area contributed by atoms with E-state index in [0.29, 0.717) is 17.6 Å². The summed E-state index contributed by atoms with van der Waals surface area (Å²) in [6, 6.07) is 17.5. The SMILES string of the molecule is Cc1cc(=O)n2c(n1)NC(Nc1cccc(C)c1C)=[NH+][C@@H]2c1ccccc1. The molecular formula is C21H22N5O+. The molecule has 0 saturated carbocycles. The normalized spacial score (nSPS) is 15.5. The number of nitrogens with zero attached hydrogens (tertiary/aromatic N) is 2. The second-order valence-electron chi connectivity index (χ2n) is 6.76. The van der Waals surface area contributed by atoms with Crippen LogP contribution in [-0.4, -0.2) is 15.5 Å². The topological polar surface area (TPSA) is 72.9 Å². The Hall–Kier alpha value is -3.41. The van der Waals surface area contributed by atoms with E-state index in [9.17, 15) is 4.79 Å². The molecule has 1 atom stereocenters. The monoisotopic (exact) mass is 360 g/mol. The lowest BCUT2D eigenvalue weighted by molar-refractivity contribution is -0.520. The maximum absolute atomic E-state index is 12.6. The predicted octanol–water partition coefficient (Wildman–Crippen LogP) is 1.69. The number of benzene rings is 2. The fourth-order valence-corrected chi connectivity index (χ4v) is 3.25. The number of rotatable bonds is 2. The zero-order valence-electron chi connectivity index (χ0n) is 15.6. The van der Waals surface area contributed by atoms with E-state index >= 15 is 0 Å². The minimum Gasteiger partial charge on any atom is -0.269 e. The summed E-state index contributed by atoms with van der Waals surface area (Å²) in [5.41, 5.74) is 4.94. The Morgan fingerprint density at radius 2 is 1.85 bits per heavy atom. The van der Waals surface area contributed by atoms with Crippen LogP contribution in [0, 0.1) is 20.8 Å². The Balaban J connectivity index is 1.81. The van der Waals surface area contributed by atoms with Gasteiger partial charge in [-0.3, -0.25) is 9.79 Å². The number of anilines is 2. The van der Waals surface area contributed by atoms with Crippen molar-refractivity contribution in [3.05, 3.63) is 87.3 Å². The Morgan fingerprint density at radius 3 is 2.63 bits per heavy atom. The van der Waals surface area contributed by atoms with Gasteiger partial charge in [-0.1, -0.05) is 42.5 Å². The van der Waals surface area contributed by atoms with Crippen LogP contribution in [0.5, 0.6) is 0 Å². The van der Waals surface area contributed by atoms with Crippen LogP contribution >= 0.6 is 0 Å². The number of hydrogen-bond donors (Lipinski definition) is 3. The van der Waals surface area contributed by atoms with Crippen molar-refractivity contribution >= 4 is 17.6 Å². The van der Waals surface area contributed by atoms with Gasteiger partial charge in [-0.15, -0.1) is 0 Å². The van der Waals surface area contributed by atoms with Gasteiger partial charge < -0.3 is 0 Å². The van der Waals surface area contributed by atoms with Crippen molar-refractivity contribution < 1.29 is 4.99 Å². The summed E-state index contributed by atoms with van der Waals surface area (Å²) >= 11 is 0. The van der Waals surface area contributed by atoms with Crippen molar-refractivity contribution in [3.8, 4) is 0 Å². The van der Waals surface area contributed by atoms with Gasteiger partial charge in [-0.05, 0) is 38.0 Å². The molecule has 0 radical (unpaired) electrons. The third-order valence-electron chi connectivity index (χ3n) is 4.84. The van der Waals surface area contributed by atoms with Gasteiger partial charge in [0.15, 0.2) is 6.17 Å². The van der Waals surface area contributed by atoms with Gasteiger partial charge in [-0.2, -0.15) is 0 Å². The zero-order valence-corrected chi connectivity index (χ0v) is 15.6. The smallest absolute Gasteiger partial charge is 0.269 e. The fraction of sp³-hybridized carbons (Fsp3) is 0.190. The van der Waals surface area contributed by atoms with Crippen LogP contribution < -0.4 is 21.2 Å². The van der Waals surface area contributed by atoms with Crippen molar-refractivity contribution in [2.45, 2.75) is 26.9 Å². The third-order valence-corrected chi connectivity index (χ3v) is 4.84. The highest BCUT2D eigenvalue weighted by atomic mass is 16.1. The van der Waals surface area contributed by atoms with Crippen LogP contribution in [0.1, 0.15) is 28.6 Å². The number of aromatic nitrogens is 2. The summed E-state index contributed by atoms with van der Waals surface area (Å²) in [6.07, 6.45) is -0.351. The van der Waals surface area contributed by atoms with Crippen LogP contribution in [0.15, 0.2) is 59.4 Å². The number of hydrogen-bond acceptors (Lipinski definition) is 4. The van der Waals surface area contributed by atoms with Gasteiger partial charge in [0, 0.05) is 17.3 Å². The standard InChI is InChI=1S/C21H21N5O/c1-13-8-7-11-17(15(13)3)23-20-24-19(16-9-5-4-6-10-16)26-18(27)12-14(2)22-21(26)25-20/h4-12,19H,1-3H3,(H2,22,23,24,25)/p+1/t19-/m0/s1. The molecule has 0 bridgehead atoms. The molecule has 1 aromatic heterocycles. The van der Waals surface area contributed by atoms with Gasteiger partial charge in [0.05, 0.1) is 0 Å². The van der Waals surface area contributed by atoms with Crippen LogP contribution in [-0.2, 0) is 0 Å². The van der Waals surface area contributed by atoms with E-state index in [-0.39, 0.29) is 11.7 Å². The summed E-state index contributed by atoms with van der Waals surface area (Å²) in [6.45, 7) is 5.98. The molecular weight excluding hydrogens is 338 g/mol. The van der Waals surface area contributed by atoms with E-state index in [1.54, 1.807) is 10.6 Å². The first kappa shape index (κ1) is 17.0. The highest BCUT2D eigenvalue weighted by Crippen LogP contribution is 2.19. The van der Waals surface area contributed by atoms with Crippen LogP contribution in [0.4, 0.5) is 11.6 Å². The van der Waals surface area contributed by atoms with Crippen molar-refractivity contribution in [1.29, 1.82) is 0 Å². The Kier molecular flexibility index (Phi) is 4.24. The lowest BCUT2D eigenvalue weighted by Crippen LogP contribution is -2.82. The van der Waals surface area contributed by atoms with Crippen LogP contribution in [0.3, 0.4) is 0 Å². The summed E-state index contributed by atoms with van der Waals surface area (Å²) < 4.78 is 1.64. The molecule has 1 aliphatic heterocycles. The number of aryl methyl sites for hydroxylation is 2. The van der Waals surface area contributed by atoms with E-state index < -0.39 is 0 Å². The largest absolute Gasteiger partial charge is 0.357 e. The number of fused-ring (bicyclic) bond motifs is 1. The first-order valence-corrected chi connectivity index (χ1v) is 8.92. The highest BCUT2D eigenvalue weighted by molar-refractivity contribution is 5.99. The van der Waals surface area contributed by atoms with E-state index in [1.165, 1.54) is 11.1 Å². The van der Waals surface area contributed by atoms with Gasteiger partial charge in [0.25, 0.3) is 11.5 Å². The maximum atomic E-state index is 12.6. The second kappa shape index (κ2) is 6.72. The number of guanidine groups is 1. The second-order valence-corrected chi connectivity index (χ2v) is 6.76. The predicted molar refractivity (Wildman–Crippen MR) is 107 cm³/mol. The molecule has 0 aliphatic carbocycles. The number of nitrogens with one attached hydrogen (secondary N) is 3. The summed E-state index contributed by atoms with van der Waals surface area (Å²) in [4.78, 5) is 20.6. The summed E-state index contributed by atoms with van der Waals surface area (Å²) in [5.74, 6) is 1.20. The lowest BCUT2D eigenvalue weighted by Gasteiger charge is -2.23. The average molecular weight is 360 g/mol. The van der Waals surface area contributed by atoms with Crippen molar-refractivity contribution in [3.63, 3.8) is 0 Å². The molecule has 6 nitrogen and oxygen atoms in total. The van der Waals surface area contributed by atoms with E-state index in [1.807, 2.05) is 49.4 Å². The minimum absolute atomic E-state index is 0.0999. The molecule has 0 fully saturated rings.